The molecule has 0 saturated heterocycles. The summed E-state index contributed by atoms with van der Waals surface area (Å²) >= 11 is 1.67. The SMILES string of the molecule is C=CCn1c(SCCOCC)nnc1-c1ccc(C(C)(C)C)cc1. The van der Waals surface area contributed by atoms with Gasteiger partial charge in [0.1, 0.15) is 0 Å². The summed E-state index contributed by atoms with van der Waals surface area (Å²) in [4.78, 5) is 0. The molecule has 0 atom stereocenters. The van der Waals surface area contributed by atoms with Gasteiger partial charge in [-0.1, -0.05) is 62.9 Å². The Morgan fingerprint density at radius 2 is 1.92 bits per heavy atom. The normalized spacial score (nSPS) is 11.7. The van der Waals surface area contributed by atoms with Gasteiger partial charge in [-0.25, -0.2) is 0 Å². The third-order valence-electron chi connectivity index (χ3n) is 3.70. The molecule has 0 aliphatic carbocycles. The molecule has 1 aromatic heterocycles. The number of allylic oxidation sites excluding steroid dienone is 1. The minimum absolute atomic E-state index is 0.146. The maximum atomic E-state index is 5.39. The van der Waals surface area contributed by atoms with Gasteiger partial charge < -0.3 is 4.74 Å². The van der Waals surface area contributed by atoms with Crippen LogP contribution in [0, 0.1) is 0 Å². The molecule has 0 unspecified atom stereocenters. The largest absolute Gasteiger partial charge is 0.381 e. The molecule has 4 nitrogen and oxygen atoms in total. The number of ether oxygens (including phenoxy) is 1. The lowest BCUT2D eigenvalue weighted by molar-refractivity contribution is 0.164. The Balaban J connectivity index is 2.23. The molecule has 0 fully saturated rings. The average Bonchev–Trinajstić information content (AvgIpc) is 2.94. The molecule has 1 aromatic carbocycles. The van der Waals surface area contributed by atoms with Gasteiger partial charge in [-0.3, -0.25) is 4.57 Å². The predicted molar refractivity (Wildman–Crippen MR) is 102 cm³/mol. The van der Waals surface area contributed by atoms with Crippen LogP contribution in [0.5, 0.6) is 0 Å². The van der Waals surface area contributed by atoms with Crippen molar-refractivity contribution in [2.24, 2.45) is 0 Å². The van der Waals surface area contributed by atoms with Crippen molar-refractivity contribution in [1.82, 2.24) is 14.8 Å². The van der Waals surface area contributed by atoms with Crippen molar-refractivity contribution < 1.29 is 4.74 Å². The second kappa shape index (κ2) is 8.49. The number of rotatable bonds is 8. The van der Waals surface area contributed by atoms with Gasteiger partial charge in [-0.15, -0.1) is 16.8 Å². The topological polar surface area (TPSA) is 39.9 Å². The van der Waals surface area contributed by atoms with E-state index in [4.69, 9.17) is 4.74 Å². The lowest BCUT2D eigenvalue weighted by Gasteiger charge is -2.19. The van der Waals surface area contributed by atoms with Crippen molar-refractivity contribution >= 4 is 11.8 Å². The summed E-state index contributed by atoms with van der Waals surface area (Å²) in [5, 5.41) is 9.66. The van der Waals surface area contributed by atoms with E-state index in [9.17, 15) is 0 Å². The Hall–Kier alpha value is -1.59. The van der Waals surface area contributed by atoms with E-state index in [0.29, 0.717) is 6.54 Å². The summed E-state index contributed by atoms with van der Waals surface area (Å²) in [5.74, 6) is 1.75. The Bertz CT molecular complexity index is 656. The van der Waals surface area contributed by atoms with Gasteiger partial charge in [0.15, 0.2) is 11.0 Å². The molecule has 1 heterocycles. The van der Waals surface area contributed by atoms with E-state index >= 15 is 0 Å². The minimum atomic E-state index is 0.146. The van der Waals surface area contributed by atoms with Crippen LogP contribution in [0.3, 0.4) is 0 Å². The Morgan fingerprint density at radius 3 is 2.50 bits per heavy atom. The Morgan fingerprint density at radius 1 is 1.21 bits per heavy atom. The van der Waals surface area contributed by atoms with Crippen molar-refractivity contribution in [3.05, 3.63) is 42.5 Å². The molecule has 2 rings (SSSR count). The zero-order valence-electron chi connectivity index (χ0n) is 15.1. The van der Waals surface area contributed by atoms with Crippen molar-refractivity contribution in [3.8, 4) is 11.4 Å². The molecule has 2 aromatic rings. The van der Waals surface area contributed by atoms with E-state index in [1.807, 2.05) is 13.0 Å². The van der Waals surface area contributed by atoms with Crippen molar-refractivity contribution in [1.29, 1.82) is 0 Å². The van der Waals surface area contributed by atoms with Crippen molar-refractivity contribution in [2.45, 2.75) is 44.8 Å². The smallest absolute Gasteiger partial charge is 0.191 e. The van der Waals surface area contributed by atoms with E-state index in [1.54, 1.807) is 11.8 Å². The van der Waals surface area contributed by atoms with Crippen LogP contribution in [-0.4, -0.2) is 33.7 Å². The number of benzene rings is 1. The molecule has 0 spiro atoms. The Kier molecular flexibility index (Phi) is 6.63. The monoisotopic (exact) mass is 345 g/mol. The van der Waals surface area contributed by atoms with Gasteiger partial charge in [0.25, 0.3) is 0 Å². The first-order valence-electron chi connectivity index (χ1n) is 8.33. The third-order valence-corrected chi connectivity index (χ3v) is 4.63. The molecule has 0 bridgehead atoms. The Labute approximate surface area is 149 Å². The highest BCUT2D eigenvalue weighted by atomic mass is 32.2. The molecule has 0 aliphatic rings. The van der Waals surface area contributed by atoms with Gasteiger partial charge >= 0.3 is 0 Å². The lowest BCUT2D eigenvalue weighted by Crippen LogP contribution is -2.10. The van der Waals surface area contributed by atoms with E-state index in [0.717, 1.165) is 35.5 Å². The summed E-state index contributed by atoms with van der Waals surface area (Å²) in [6, 6.07) is 8.59. The van der Waals surface area contributed by atoms with Gasteiger partial charge in [-0.05, 0) is 17.9 Å². The van der Waals surface area contributed by atoms with Gasteiger partial charge in [-0.2, -0.15) is 0 Å². The maximum Gasteiger partial charge on any atom is 0.191 e. The number of hydrogen-bond donors (Lipinski definition) is 0. The maximum absolute atomic E-state index is 5.39. The highest BCUT2D eigenvalue weighted by molar-refractivity contribution is 7.99. The zero-order chi connectivity index (χ0) is 17.6. The first-order valence-corrected chi connectivity index (χ1v) is 9.31. The van der Waals surface area contributed by atoms with Crippen LogP contribution in [0.1, 0.15) is 33.3 Å². The first-order chi connectivity index (χ1) is 11.5. The van der Waals surface area contributed by atoms with Crippen LogP contribution in [0.2, 0.25) is 0 Å². The van der Waals surface area contributed by atoms with E-state index < -0.39 is 0 Å². The third kappa shape index (κ3) is 4.71. The number of thioether (sulfide) groups is 1. The van der Waals surface area contributed by atoms with Crippen LogP contribution < -0.4 is 0 Å². The summed E-state index contributed by atoms with van der Waals surface area (Å²) in [6.07, 6.45) is 1.88. The number of hydrogen-bond acceptors (Lipinski definition) is 4. The van der Waals surface area contributed by atoms with Crippen LogP contribution >= 0.6 is 11.8 Å². The van der Waals surface area contributed by atoms with Crippen LogP contribution in [0.25, 0.3) is 11.4 Å². The first kappa shape index (κ1) is 18.7. The van der Waals surface area contributed by atoms with E-state index in [-0.39, 0.29) is 5.41 Å². The lowest BCUT2D eigenvalue weighted by atomic mass is 9.87. The molecule has 0 radical (unpaired) electrons. The fourth-order valence-electron chi connectivity index (χ4n) is 2.36. The van der Waals surface area contributed by atoms with Crippen LogP contribution in [0.4, 0.5) is 0 Å². The van der Waals surface area contributed by atoms with Crippen molar-refractivity contribution in [2.75, 3.05) is 19.0 Å². The van der Waals surface area contributed by atoms with E-state index in [1.165, 1.54) is 5.56 Å². The second-order valence-electron chi connectivity index (χ2n) is 6.58. The zero-order valence-corrected chi connectivity index (χ0v) is 15.9. The molecular weight excluding hydrogens is 318 g/mol. The number of aromatic nitrogens is 3. The molecule has 130 valence electrons. The highest BCUT2D eigenvalue weighted by Crippen LogP contribution is 2.27. The van der Waals surface area contributed by atoms with Crippen molar-refractivity contribution in [3.63, 3.8) is 0 Å². The molecule has 24 heavy (non-hydrogen) atoms. The fraction of sp³-hybridized carbons (Fsp3) is 0.474. The van der Waals surface area contributed by atoms with Gasteiger partial charge in [0, 0.05) is 24.5 Å². The van der Waals surface area contributed by atoms with Crippen LogP contribution in [-0.2, 0) is 16.7 Å². The van der Waals surface area contributed by atoms with E-state index in [2.05, 4.69) is 66.4 Å². The average molecular weight is 346 g/mol. The molecule has 0 aliphatic heterocycles. The second-order valence-corrected chi connectivity index (χ2v) is 7.64. The molecular formula is C19H27N3OS. The van der Waals surface area contributed by atoms with Gasteiger partial charge in [0.05, 0.1) is 6.61 Å². The number of nitrogens with zero attached hydrogens (tertiary/aromatic N) is 3. The van der Waals surface area contributed by atoms with Gasteiger partial charge in [0.2, 0.25) is 0 Å². The quantitative estimate of drug-likeness (QED) is 0.399. The highest BCUT2D eigenvalue weighted by Gasteiger charge is 2.16. The summed E-state index contributed by atoms with van der Waals surface area (Å²) in [7, 11) is 0. The summed E-state index contributed by atoms with van der Waals surface area (Å²) < 4.78 is 7.50. The molecule has 0 amide bonds. The minimum Gasteiger partial charge on any atom is -0.381 e. The molecule has 0 saturated carbocycles. The fourth-order valence-corrected chi connectivity index (χ4v) is 3.16. The molecule has 5 heteroatoms. The summed E-state index contributed by atoms with van der Waals surface area (Å²) in [5.41, 5.74) is 2.54. The predicted octanol–water partition coefficient (Wildman–Crippen LogP) is 4.56. The van der Waals surface area contributed by atoms with Crippen LogP contribution in [0.15, 0.2) is 42.1 Å². The summed E-state index contributed by atoms with van der Waals surface area (Å²) in [6.45, 7) is 14.7. The molecule has 0 N–H and O–H groups in total. The standard InChI is InChI=1S/C19H27N3OS/c1-6-12-22-17(20-21-18(22)24-14-13-23-7-2)15-8-10-16(11-9-15)19(3,4)5/h6,8-11H,1,7,12-14H2,2-5H3.